The van der Waals surface area contributed by atoms with Crippen LogP contribution in [-0.2, 0) is 18.9 Å². The molecular weight excluding hydrogens is 434 g/mol. The highest BCUT2D eigenvalue weighted by Crippen LogP contribution is 2.24. The molecular formula is C22H24BrN3OS. The zero-order valence-electron chi connectivity index (χ0n) is 16.1. The molecule has 0 unspecified atom stereocenters. The summed E-state index contributed by atoms with van der Waals surface area (Å²) in [5.74, 6) is 2.96. The predicted octanol–water partition coefficient (Wildman–Crippen LogP) is 6.22. The first-order chi connectivity index (χ1) is 13.6. The zero-order valence-corrected chi connectivity index (χ0v) is 18.5. The van der Waals surface area contributed by atoms with Crippen molar-refractivity contribution in [2.75, 3.05) is 0 Å². The van der Waals surface area contributed by atoms with E-state index in [1.54, 1.807) is 11.8 Å². The van der Waals surface area contributed by atoms with Crippen molar-refractivity contribution < 1.29 is 4.74 Å². The number of aromatic nitrogens is 3. The van der Waals surface area contributed by atoms with E-state index in [0.29, 0.717) is 19.1 Å². The molecule has 6 heteroatoms. The summed E-state index contributed by atoms with van der Waals surface area (Å²) in [7, 11) is 0. The normalized spacial score (nSPS) is 11.0. The van der Waals surface area contributed by atoms with E-state index >= 15 is 0 Å². The second-order valence-electron chi connectivity index (χ2n) is 6.73. The van der Waals surface area contributed by atoms with E-state index < -0.39 is 0 Å². The van der Waals surface area contributed by atoms with Gasteiger partial charge in [-0.25, -0.2) is 0 Å². The molecule has 0 amide bonds. The van der Waals surface area contributed by atoms with Crippen LogP contribution in [0.5, 0.6) is 5.75 Å². The largest absolute Gasteiger partial charge is 0.486 e. The Hall–Kier alpha value is -2.05. The van der Waals surface area contributed by atoms with Gasteiger partial charge in [-0.1, -0.05) is 71.9 Å². The number of thioether (sulfide) groups is 1. The van der Waals surface area contributed by atoms with Gasteiger partial charge in [0.15, 0.2) is 11.0 Å². The average Bonchev–Trinajstić information content (AvgIpc) is 3.07. The maximum Gasteiger partial charge on any atom is 0.191 e. The number of hydrogen-bond donors (Lipinski definition) is 0. The van der Waals surface area contributed by atoms with Crippen LogP contribution in [0.3, 0.4) is 0 Å². The lowest BCUT2D eigenvalue weighted by Gasteiger charge is -2.10. The van der Waals surface area contributed by atoms with Crippen molar-refractivity contribution in [1.29, 1.82) is 0 Å². The quantitative estimate of drug-likeness (QED) is 0.282. The van der Waals surface area contributed by atoms with Crippen molar-refractivity contribution in [3.05, 3.63) is 82.6 Å². The molecule has 146 valence electrons. The van der Waals surface area contributed by atoms with Gasteiger partial charge in [0, 0.05) is 16.8 Å². The van der Waals surface area contributed by atoms with Gasteiger partial charge >= 0.3 is 0 Å². The standard InChI is InChI=1S/C22H24BrN3OS/c1-4-12-26-21(14-27-20-10-8-18(9-11-20)16(2)3)24-25-22(26)28-15-17-6-5-7-19(23)13-17/h4-11,13,16H,1,12,14-15H2,2-3H3. The van der Waals surface area contributed by atoms with E-state index in [9.17, 15) is 0 Å². The number of ether oxygens (including phenoxy) is 1. The first kappa shape index (κ1) is 20.7. The molecule has 28 heavy (non-hydrogen) atoms. The van der Waals surface area contributed by atoms with Crippen molar-refractivity contribution in [3.63, 3.8) is 0 Å². The minimum Gasteiger partial charge on any atom is -0.486 e. The number of nitrogens with zero attached hydrogens (tertiary/aromatic N) is 3. The summed E-state index contributed by atoms with van der Waals surface area (Å²) in [5.41, 5.74) is 2.53. The zero-order chi connectivity index (χ0) is 19.9. The van der Waals surface area contributed by atoms with Gasteiger partial charge in [0.2, 0.25) is 0 Å². The summed E-state index contributed by atoms with van der Waals surface area (Å²) in [6.07, 6.45) is 1.85. The van der Waals surface area contributed by atoms with Gasteiger partial charge in [-0.15, -0.1) is 16.8 Å². The fourth-order valence-electron chi connectivity index (χ4n) is 2.72. The Morgan fingerprint density at radius 1 is 1.18 bits per heavy atom. The van der Waals surface area contributed by atoms with Crippen LogP contribution in [0.15, 0.2) is 70.8 Å². The number of allylic oxidation sites excluding steroid dienone is 1. The summed E-state index contributed by atoms with van der Waals surface area (Å²) in [6, 6.07) is 16.5. The molecule has 3 rings (SSSR count). The van der Waals surface area contributed by atoms with E-state index in [4.69, 9.17) is 4.74 Å². The van der Waals surface area contributed by atoms with Crippen LogP contribution in [0.2, 0.25) is 0 Å². The summed E-state index contributed by atoms with van der Waals surface area (Å²) in [5, 5.41) is 9.56. The molecule has 0 fully saturated rings. The van der Waals surface area contributed by atoms with Gasteiger partial charge in [-0.2, -0.15) is 0 Å². The van der Waals surface area contributed by atoms with Crippen LogP contribution in [0.1, 0.15) is 36.7 Å². The van der Waals surface area contributed by atoms with Crippen LogP contribution in [0.4, 0.5) is 0 Å². The number of rotatable bonds is 9. The SMILES string of the molecule is C=CCn1c(COc2ccc(C(C)C)cc2)nnc1SCc1cccc(Br)c1. The predicted molar refractivity (Wildman–Crippen MR) is 119 cm³/mol. The third kappa shape index (κ3) is 5.49. The van der Waals surface area contributed by atoms with Crippen molar-refractivity contribution in [2.45, 2.75) is 43.8 Å². The maximum atomic E-state index is 5.93. The molecule has 0 saturated carbocycles. The molecule has 2 aromatic carbocycles. The Morgan fingerprint density at radius 3 is 2.64 bits per heavy atom. The Bertz CT molecular complexity index is 922. The first-order valence-corrected chi connectivity index (χ1v) is 11.0. The summed E-state index contributed by atoms with van der Waals surface area (Å²) in [4.78, 5) is 0. The number of benzene rings is 2. The Labute approximate surface area is 179 Å². The monoisotopic (exact) mass is 457 g/mol. The summed E-state index contributed by atoms with van der Waals surface area (Å²) >= 11 is 5.18. The molecule has 0 aliphatic heterocycles. The van der Waals surface area contributed by atoms with Gasteiger partial charge in [0.05, 0.1) is 0 Å². The molecule has 0 radical (unpaired) electrons. The summed E-state index contributed by atoms with van der Waals surface area (Å²) in [6.45, 7) is 9.25. The van der Waals surface area contributed by atoms with Crippen molar-refractivity contribution in [1.82, 2.24) is 14.8 Å². The molecule has 4 nitrogen and oxygen atoms in total. The van der Waals surface area contributed by atoms with Gasteiger partial charge in [-0.3, -0.25) is 4.57 Å². The molecule has 1 heterocycles. The molecule has 0 bridgehead atoms. The van der Waals surface area contributed by atoms with E-state index in [1.807, 2.05) is 30.3 Å². The van der Waals surface area contributed by atoms with Gasteiger partial charge in [0.1, 0.15) is 12.4 Å². The molecule has 0 spiro atoms. The van der Waals surface area contributed by atoms with Crippen LogP contribution < -0.4 is 4.74 Å². The third-order valence-corrected chi connectivity index (χ3v) is 5.81. The molecule has 0 saturated heterocycles. The highest BCUT2D eigenvalue weighted by Gasteiger charge is 2.13. The lowest BCUT2D eigenvalue weighted by molar-refractivity contribution is 0.289. The van der Waals surface area contributed by atoms with E-state index in [0.717, 1.165) is 27.0 Å². The van der Waals surface area contributed by atoms with Crippen LogP contribution >= 0.6 is 27.7 Å². The number of hydrogen-bond acceptors (Lipinski definition) is 4. The Kier molecular flexibility index (Phi) is 7.34. The molecule has 3 aromatic rings. The smallest absolute Gasteiger partial charge is 0.191 e. The molecule has 0 aliphatic carbocycles. The topological polar surface area (TPSA) is 39.9 Å². The fourth-order valence-corrected chi connectivity index (χ4v) is 4.07. The van der Waals surface area contributed by atoms with E-state index in [-0.39, 0.29) is 0 Å². The first-order valence-electron chi connectivity index (χ1n) is 9.19. The van der Waals surface area contributed by atoms with Crippen molar-refractivity contribution in [3.8, 4) is 5.75 Å². The van der Waals surface area contributed by atoms with Gasteiger partial charge < -0.3 is 4.74 Å². The third-order valence-electron chi connectivity index (χ3n) is 4.28. The minimum atomic E-state index is 0.374. The number of halogens is 1. The lowest BCUT2D eigenvalue weighted by atomic mass is 10.0. The second kappa shape index (κ2) is 9.94. The van der Waals surface area contributed by atoms with Crippen LogP contribution in [0, 0.1) is 0 Å². The van der Waals surface area contributed by atoms with Crippen molar-refractivity contribution in [2.24, 2.45) is 0 Å². The highest BCUT2D eigenvalue weighted by atomic mass is 79.9. The average molecular weight is 458 g/mol. The van der Waals surface area contributed by atoms with E-state index in [2.05, 4.69) is 75.4 Å². The molecule has 0 atom stereocenters. The summed E-state index contributed by atoms with van der Waals surface area (Å²) < 4.78 is 9.07. The molecule has 0 aliphatic rings. The van der Waals surface area contributed by atoms with Crippen LogP contribution in [-0.4, -0.2) is 14.8 Å². The van der Waals surface area contributed by atoms with E-state index in [1.165, 1.54) is 11.1 Å². The minimum absolute atomic E-state index is 0.374. The Balaban J connectivity index is 1.66. The second-order valence-corrected chi connectivity index (χ2v) is 8.59. The molecule has 0 N–H and O–H groups in total. The molecule has 1 aromatic heterocycles. The highest BCUT2D eigenvalue weighted by molar-refractivity contribution is 9.10. The van der Waals surface area contributed by atoms with Crippen molar-refractivity contribution >= 4 is 27.7 Å². The van der Waals surface area contributed by atoms with Gasteiger partial charge in [0.25, 0.3) is 0 Å². The fraction of sp³-hybridized carbons (Fsp3) is 0.273. The lowest BCUT2D eigenvalue weighted by Crippen LogP contribution is -2.07. The van der Waals surface area contributed by atoms with Crippen LogP contribution in [0.25, 0.3) is 0 Å². The Morgan fingerprint density at radius 2 is 1.96 bits per heavy atom. The maximum absolute atomic E-state index is 5.93. The van der Waals surface area contributed by atoms with Gasteiger partial charge in [-0.05, 0) is 41.3 Å².